The Morgan fingerprint density at radius 3 is 3.13 bits per heavy atom. The van der Waals surface area contributed by atoms with Gasteiger partial charge in [0.25, 0.3) is 0 Å². The Morgan fingerprint density at radius 1 is 1.67 bits per heavy atom. The number of carbonyl (C=O) groups is 1. The van der Waals surface area contributed by atoms with E-state index in [-0.39, 0.29) is 5.91 Å². The van der Waals surface area contributed by atoms with Crippen LogP contribution in [0.25, 0.3) is 0 Å². The van der Waals surface area contributed by atoms with Gasteiger partial charge in [-0.05, 0) is 31.7 Å². The number of unbranched alkanes of at least 4 members (excludes halogenated alkanes) is 1. The zero-order valence-corrected chi connectivity index (χ0v) is 9.59. The van der Waals surface area contributed by atoms with E-state index in [4.69, 9.17) is 0 Å². The van der Waals surface area contributed by atoms with Crippen LogP contribution < -0.4 is 10.6 Å². The van der Waals surface area contributed by atoms with Crippen LogP contribution in [-0.4, -0.2) is 25.0 Å². The van der Waals surface area contributed by atoms with Gasteiger partial charge in [-0.25, -0.2) is 0 Å². The Hall–Kier alpha value is -0.830. The van der Waals surface area contributed by atoms with Gasteiger partial charge < -0.3 is 10.6 Å². The summed E-state index contributed by atoms with van der Waals surface area (Å²) in [5, 5.41) is 6.40. The van der Waals surface area contributed by atoms with Crippen molar-refractivity contribution < 1.29 is 4.79 Å². The molecule has 86 valence electrons. The van der Waals surface area contributed by atoms with Crippen molar-refractivity contribution in [2.75, 3.05) is 13.1 Å². The molecule has 1 heterocycles. The number of amides is 1. The van der Waals surface area contributed by atoms with E-state index in [2.05, 4.69) is 24.1 Å². The van der Waals surface area contributed by atoms with Gasteiger partial charge in [-0.3, -0.25) is 4.79 Å². The second kappa shape index (κ2) is 6.62. The fraction of sp³-hybridized carbons (Fsp3) is 0.750. The molecule has 0 aliphatic carbocycles. The van der Waals surface area contributed by atoms with Crippen LogP contribution in [0.15, 0.2) is 12.7 Å². The molecule has 2 unspecified atom stereocenters. The summed E-state index contributed by atoms with van der Waals surface area (Å²) in [6.07, 6.45) is 5.46. The third-order valence-electron chi connectivity index (χ3n) is 2.99. The summed E-state index contributed by atoms with van der Waals surface area (Å²) in [6, 6.07) is 0.315. The Balaban J connectivity index is 2.20. The van der Waals surface area contributed by atoms with Crippen molar-refractivity contribution in [3.05, 3.63) is 12.7 Å². The number of carbonyl (C=O) groups excluding carboxylic acids is 1. The van der Waals surface area contributed by atoms with Crippen molar-refractivity contribution in [2.45, 2.75) is 38.6 Å². The van der Waals surface area contributed by atoms with E-state index < -0.39 is 0 Å². The number of hydrogen-bond acceptors (Lipinski definition) is 2. The normalized spacial score (nSPS) is 25.9. The quantitative estimate of drug-likeness (QED) is 0.533. The van der Waals surface area contributed by atoms with Crippen LogP contribution in [0.2, 0.25) is 0 Å². The fourth-order valence-corrected chi connectivity index (χ4v) is 1.87. The van der Waals surface area contributed by atoms with Crippen molar-refractivity contribution in [1.82, 2.24) is 10.6 Å². The predicted octanol–water partition coefficient (Wildman–Crippen LogP) is 1.46. The van der Waals surface area contributed by atoms with Gasteiger partial charge in [0.2, 0.25) is 5.91 Å². The molecule has 1 amide bonds. The van der Waals surface area contributed by atoms with Gasteiger partial charge in [-0.15, -0.1) is 6.58 Å². The first-order valence-electron chi connectivity index (χ1n) is 5.85. The van der Waals surface area contributed by atoms with Crippen LogP contribution in [0.4, 0.5) is 0 Å². The van der Waals surface area contributed by atoms with Gasteiger partial charge in [0.15, 0.2) is 0 Å². The maximum absolute atomic E-state index is 11.6. The van der Waals surface area contributed by atoms with Crippen LogP contribution >= 0.6 is 0 Å². The second-order valence-electron chi connectivity index (χ2n) is 4.32. The summed E-state index contributed by atoms with van der Waals surface area (Å²) in [6.45, 7) is 7.83. The number of piperidine rings is 1. The first-order chi connectivity index (χ1) is 7.24. The molecular weight excluding hydrogens is 188 g/mol. The molecule has 2 N–H and O–H groups in total. The maximum Gasteiger partial charge on any atom is 0.220 e. The highest BCUT2D eigenvalue weighted by Crippen LogP contribution is 2.11. The lowest BCUT2D eigenvalue weighted by Gasteiger charge is -2.30. The highest BCUT2D eigenvalue weighted by Gasteiger charge is 2.21. The van der Waals surface area contributed by atoms with Crippen LogP contribution in [-0.2, 0) is 4.79 Å². The van der Waals surface area contributed by atoms with E-state index in [9.17, 15) is 4.79 Å². The summed E-state index contributed by atoms with van der Waals surface area (Å²) in [5.41, 5.74) is 0. The Bertz CT molecular complexity index is 216. The average molecular weight is 210 g/mol. The summed E-state index contributed by atoms with van der Waals surface area (Å²) in [5.74, 6) is 0.770. The van der Waals surface area contributed by atoms with Gasteiger partial charge in [-0.1, -0.05) is 13.0 Å². The third kappa shape index (κ3) is 4.47. The van der Waals surface area contributed by atoms with Crippen LogP contribution in [0.5, 0.6) is 0 Å². The SMILES string of the molecule is C=CCCCC(=O)NC1CNCCC1C. The first-order valence-corrected chi connectivity index (χ1v) is 5.85. The van der Waals surface area contributed by atoms with E-state index >= 15 is 0 Å². The topological polar surface area (TPSA) is 41.1 Å². The Labute approximate surface area is 92.3 Å². The van der Waals surface area contributed by atoms with E-state index in [0.717, 1.165) is 32.4 Å². The van der Waals surface area contributed by atoms with E-state index in [1.165, 1.54) is 0 Å². The van der Waals surface area contributed by atoms with Crippen molar-refractivity contribution >= 4 is 5.91 Å². The molecule has 0 aromatic carbocycles. The predicted molar refractivity (Wildman–Crippen MR) is 62.6 cm³/mol. The minimum Gasteiger partial charge on any atom is -0.352 e. The molecule has 1 rings (SSSR count). The zero-order valence-electron chi connectivity index (χ0n) is 9.59. The van der Waals surface area contributed by atoms with Gasteiger partial charge in [-0.2, -0.15) is 0 Å². The molecule has 1 aliphatic rings. The minimum atomic E-state index is 0.178. The molecule has 0 aromatic rings. The first kappa shape index (κ1) is 12.2. The lowest BCUT2D eigenvalue weighted by Crippen LogP contribution is -2.50. The van der Waals surface area contributed by atoms with Crippen LogP contribution in [0.3, 0.4) is 0 Å². The molecule has 2 atom stereocenters. The second-order valence-corrected chi connectivity index (χ2v) is 4.32. The van der Waals surface area contributed by atoms with Gasteiger partial charge in [0, 0.05) is 19.0 Å². The van der Waals surface area contributed by atoms with E-state index in [1.54, 1.807) is 0 Å². The molecule has 1 fully saturated rings. The van der Waals surface area contributed by atoms with Gasteiger partial charge in [0.05, 0.1) is 0 Å². The molecule has 0 aromatic heterocycles. The number of allylic oxidation sites excluding steroid dienone is 1. The van der Waals surface area contributed by atoms with Crippen molar-refractivity contribution in [3.63, 3.8) is 0 Å². The highest BCUT2D eigenvalue weighted by molar-refractivity contribution is 5.76. The molecule has 3 heteroatoms. The number of rotatable bonds is 5. The third-order valence-corrected chi connectivity index (χ3v) is 2.99. The lowest BCUT2D eigenvalue weighted by molar-refractivity contribution is -0.122. The van der Waals surface area contributed by atoms with Crippen molar-refractivity contribution in [2.24, 2.45) is 5.92 Å². The number of nitrogens with one attached hydrogen (secondary N) is 2. The molecule has 1 aliphatic heterocycles. The summed E-state index contributed by atoms with van der Waals surface area (Å²) < 4.78 is 0. The summed E-state index contributed by atoms with van der Waals surface area (Å²) >= 11 is 0. The molecular formula is C12H22N2O. The van der Waals surface area contributed by atoms with Crippen molar-refractivity contribution in [1.29, 1.82) is 0 Å². The van der Waals surface area contributed by atoms with E-state index in [1.807, 2.05) is 6.08 Å². The van der Waals surface area contributed by atoms with Crippen LogP contribution in [0.1, 0.15) is 32.6 Å². The van der Waals surface area contributed by atoms with E-state index in [0.29, 0.717) is 18.4 Å². The Kier molecular flexibility index (Phi) is 5.40. The smallest absolute Gasteiger partial charge is 0.220 e. The van der Waals surface area contributed by atoms with Crippen LogP contribution in [0, 0.1) is 5.92 Å². The minimum absolute atomic E-state index is 0.178. The molecule has 0 radical (unpaired) electrons. The van der Waals surface area contributed by atoms with Gasteiger partial charge in [0.1, 0.15) is 0 Å². The summed E-state index contributed by atoms with van der Waals surface area (Å²) in [7, 11) is 0. The molecule has 1 saturated heterocycles. The monoisotopic (exact) mass is 210 g/mol. The Morgan fingerprint density at radius 2 is 2.47 bits per heavy atom. The zero-order chi connectivity index (χ0) is 11.1. The highest BCUT2D eigenvalue weighted by atomic mass is 16.1. The molecule has 0 saturated carbocycles. The van der Waals surface area contributed by atoms with Gasteiger partial charge >= 0.3 is 0 Å². The maximum atomic E-state index is 11.6. The largest absolute Gasteiger partial charge is 0.352 e. The lowest BCUT2D eigenvalue weighted by atomic mass is 9.94. The fourth-order valence-electron chi connectivity index (χ4n) is 1.87. The molecule has 0 bridgehead atoms. The molecule has 15 heavy (non-hydrogen) atoms. The molecule has 0 spiro atoms. The average Bonchev–Trinajstić information content (AvgIpc) is 2.22. The molecule has 3 nitrogen and oxygen atoms in total. The standard InChI is InChI=1S/C12H22N2O/c1-3-4-5-6-12(15)14-11-9-13-8-7-10(11)2/h3,10-11,13H,1,4-9H2,2H3,(H,14,15). The summed E-state index contributed by atoms with van der Waals surface area (Å²) in [4.78, 5) is 11.6. The van der Waals surface area contributed by atoms with Crippen molar-refractivity contribution in [3.8, 4) is 0 Å². The number of hydrogen-bond donors (Lipinski definition) is 2.